The van der Waals surface area contributed by atoms with Crippen LogP contribution in [-0.2, 0) is 9.53 Å². The van der Waals surface area contributed by atoms with Gasteiger partial charge in [-0.05, 0) is 31.9 Å². The largest absolute Gasteiger partial charge is 0.494 e. The monoisotopic (exact) mass is 336 g/mol. The summed E-state index contributed by atoms with van der Waals surface area (Å²) in [4.78, 5) is 16.8. The summed E-state index contributed by atoms with van der Waals surface area (Å²) in [6.45, 7) is 5.51. The molecule has 1 aromatic carbocycles. The average molecular weight is 336 g/mol. The molecule has 2 heterocycles. The van der Waals surface area contributed by atoms with Gasteiger partial charge in [-0.1, -0.05) is 0 Å². The lowest BCUT2D eigenvalue weighted by atomic mass is 9.93. The van der Waals surface area contributed by atoms with Crippen molar-refractivity contribution in [3.63, 3.8) is 0 Å². The van der Waals surface area contributed by atoms with E-state index in [2.05, 4.69) is 4.90 Å². The van der Waals surface area contributed by atoms with Crippen LogP contribution >= 0.6 is 0 Å². The van der Waals surface area contributed by atoms with Crippen molar-refractivity contribution in [2.75, 3.05) is 44.8 Å². The van der Waals surface area contributed by atoms with Crippen molar-refractivity contribution in [3.8, 4) is 5.75 Å². The second kappa shape index (κ2) is 7.38. The van der Waals surface area contributed by atoms with Crippen LogP contribution in [0.25, 0.3) is 0 Å². The van der Waals surface area contributed by atoms with Gasteiger partial charge < -0.3 is 19.3 Å². The predicted molar refractivity (Wildman–Crippen MR) is 89.9 cm³/mol. The predicted octanol–water partition coefficient (Wildman–Crippen LogP) is 2.30. The summed E-state index contributed by atoms with van der Waals surface area (Å²) in [6, 6.07) is 4.58. The van der Waals surface area contributed by atoms with Crippen molar-refractivity contribution < 1.29 is 18.7 Å². The molecule has 0 aliphatic carbocycles. The molecule has 1 aromatic rings. The molecule has 0 aromatic heterocycles. The number of piperazine rings is 1. The first-order valence-corrected chi connectivity index (χ1v) is 8.59. The molecular formula is C18H25FN2O3. The highest BCUT2D eigenvalue weighted by Crippen LogP contribution is 2.30. The summed E-state index contributed by atoms with van der Waals surface area (Å²) in [5.41, 5.74) is 0.875. The van der Waals surface area contributed by atoms with E-state index in [0.29, 0.717) is 18.8 Å². The van der Waals surface area contributed by atoms with Crippen molar-refractivity contribution in [2.24, 2.45) is 5.92 Å². The Morgan fingerprint density at radius 1 is 1.29 bits per heavy atom. The Hall–Kier alpha value is -1.82. The van der Waals surface area contributed by atoms with Crippen LogP contribution in [0.2, 0.25) is 0 Å². The molecule has 2 fully saturated rings. The molecule has 6 heteroatoms. The molecule has 24 heavy (non-hydrogen) atoms. The van der Waals surface area contributed by atoms with E-state index in [1.807, 2.05) is 11.8 Å². The Morgan fingerprint density at radius 2 is 2.04 bits per heavy atom. The third-order valence-corrected chi connectivity index (χ3v) is 5.00. The Labute approximate surface area is 142 Å². The molecule has 2 aliphatic rings. The SMILES string of the molecule is COc1cc(F)ccc1N1CCN(C(=O)[C@H]2CCCO[C@@H]2C)CC1. The first-order valence-electron chi connectivity index (χ1n) is 8.59. The average Bonchev–Trinajstić information content (AvgIpc) is 2.61. The van der Waals surface area contributed by atoms with Gasteiger partial charge in [0.05, 0.1) is 24.8 Å². The number of hydrogen-bond acceptors (Lipinski definition) is 4. The zero-order valence-electron chi connectivity index (χ0n) is 14.3. The van der Waals surface area contributed by atoms with E-state index in [9.17, 15) is 9.18 Å². The van der Waals surface area contributed by atoms with Gasteiger partial charge in [0.15, 0.2) is 0 Å². The molecule has 0 unspecified atom stereocenters. The second-order valence-electron chi connectivity index (χ2n) is 6.45. The third kappa shape index (κ3) is 3.48. The highest BCUT2D eigenvalue weighted by Gasteiger charge is 2.33. The molecule has 132 valence electrons. The number of ether oxygens (including phenoxy) is 2. The van der Waals surface area contributed by atoms with Crippen molar-refractivity contribution in [2.45, 2.75) is 25.9 Å². The Bertz CT molecular complexity index is 588. The first-order chi connectivity index (χ1) is 11.6. The summed E-state index contributed by atoms with van der Waals surface area (Å²) >= 11 is 0. The normalized spacial score (nSPS) is 24.8. The van der Waals surface area contributed by atoms with Gasteiger partial charge in [0.2, 0.25) is 5.91 Å². The lowest BCUT2D eigenvalue weighted by Gasteiger charge is -2.39. The minimum Gasteiger partial charge on any atom is -0.494 e. The maximum atomic E-state index is 13.3. The molecule has 1 amide bonds. The molecule has 5 nitrogen and oxygen atoms in total. The van der Waals surface area contributed by atoms with Crippen molar-refractivity contribution in [1.29, 1.82) is 0 Å². The lowest BCUT2D eigenvalue weighted by molar-refractivity contribution is -0.144. The highest BCUT2D eigenvalue weighted by atomic mass is 19.1. The molecule has 0 N–H and O–H groups in total. The number of halogens is 1. The quantitative estimate of drug-likeness (QED) is 0.849. The number of benzene rings is 1. The van der Waals surface area contributed by atoms with Gasteiger partial charge in [-0.3, -0.25) is 4.79 Å². The van der Waals surface area contributed by atoms with Gasteiger partial charge in [0, 0.05) is 38.9 Å². The number of rotatable bonds is 3. The summed E-state index contributed by atoms with van der Waals surface area (Å²) in [5.74, 6) is 0.401. The van der Waals surface area contributed by atoms with Gasteiger partial charge in [0.25, 0.3) is 0 Å². The molecule has 0 radical (unpaired) electrons. The highest BCUT2D eigenvalue weighted by molar-refractivity contribution is 5.80. The molecule has 0 bridgehead atoms. The molecular weight excluding hydrogens is 311 g/mol. The topological polar surface area (TPSA) is 42.0 Å². The van der Waals surface area contributed by atoms with E-state index in [1.165, 1.54) is 12.1 Å². The van der Waals surface area contributed by atoms with Crippen LogP contribution in [0.1, 0.15) is 19.8 Å². The minimum atomic E-state index is -0.310. The van der Waals surface area contributed by atoms with Crippen LogP contribution in [-0.4, -0.2) is 56.8 Å². The van der Waals surface area contributed by atoms with Crippen molar-refractivity contribution >= 4 is 11.6 Å². The third-order valence-electron chi connectivity index (χ3n) is 5.00. The van der Waals surface area contributed by atoms with Gasteiger partial charge in [0.1, 0.15) is 11.6 Å². The number of carbonyl (C=O) groups excluding carboxylic acids is 1. The molecule has 3 rings (SSSR count). The van der Waals surface area contributed by atoms with E-state index < -0.39 is 0 Å². The number of methoxy groups -OCH3 is 1. The Balaban J connectivity index is 1.62. The maximum Gasteiger partial charge on any atom is 0.228 e. The van der Waals surface area contributed by atoms with E-state index in [1.54, 1.807) is 13.2 Å². The fourth-order valence-corrected chi connectivity index (χ4v) is 3.56. The number of carbonyl (C=O) groups is 1. The van der Waals surface area contributed by atoms with Crippen LogP contribution in [0.4, 0.5) is 10.1 Å². The van der Waals surface area contributed by atoms with Gasteiger partial charge >= 0.3 is 0 Å². The maximum absolute atomic E-state index is 13.3. The standard InChI is InChI=1S/C18H25FN2O3/c1-13-15(4-3-11-24-13)18(22)21-9-7-20(8-10-21)16-6-5-14(19)12-17(16)23-2/h5-6,12-13,15H,3-4,7-11H2,1-2H3/t13-,15+/m1/s1. The number of nitrogens with zero attached hydrogens (tertiary/aromatic N) is 2. The van der Waals surface area contributed by atoms with Gasteiger partial charge in [-0.2, -0.15) is 0 Å². The van der Waals surface area contributed by atoms with Gasteiger partial charge in [-0.15, -0.1) is 0 Å². The van der Waals surface area contributed by atoms with E-state index >= 15 is 0 Å². The lowest BCUT2D eigenvalue weighted by Crippen LogP contribution is -2.52. The van der Waals surface area contributed by atoms with Crippen LogP contribution in [0.15, 0.2) is 18.2 Å². The zero-order chi connectivity index (χ0) is 17.1. The second-order valence-corrected chi connectivity index (χ2v) is 6.45. The van der Waals surface area contributed by atoms with Crippen LogP contribution < -0.4 is 9.64 Å². The number of anilines is 1. The Kier molecular flexibility index (Phi) is 5.23. The van der Waals surface area contributed by atoms with Crippen LogP contribution in [0.3, 0.4) is 0 Å². The molecule has 2 aliphatic heterocycles. The fourth-order valence-electron chi connectivity index (χ4n) is 3.56. The van der Waals surface area contributed by atoms with Gasteiger partial charge in [-0.25, -0.2) is 4.39 Å². The minimum absolute atomic E-state index is 0.00136. The van der Waals surface area contributed by atoms with E-state index in [-0.39, 0.29) is 23.7 Å². The van der Waals surface area contributed by atoms with Crippen molar-refractivity contribution in [1.82, 2.24) is 4.90 Å². The number of amides is 1. The van der Waals surface area contributed by atoms with Crippen LogP contribution in [0, 0.1) is 11.7 Å². The molecule has 2 saturated heterocycles. The fraction of sp³-hybridized carbons (Fsp3) is 0.611. The first kappa shape index (κ1) is 17.0. The Morgan fingerprint density at radius 3 is 2.71 bits per heavy atom. The summed E-state index contributed by atoms with van der Waals surface area (Å²) in [6.07, 6.45) is 1.86. The zero-order valence-corrected chi connectivity index (χ0v) is 14.3. The molecule has 2 atom stereocenters. The van der Waals surface area contributed by atoms with Crippen LogP contribution in [0.5, 0.6) is 5.75 Å². The summed E-state index contributed by atoms with van der Waals surface area (Å²) in [7, 11) is 1.54. The summed E-state index contributed by atoms with van der Waals surface area (Å²) in [5, 5.41) is 0. The smallest absolute Gasteiger partial charge is 0.228 e. The van der Waals surface area contributed by atoms with E-state index in [4.69, 9.17) is 9.47 Å². The molecule has 0 spiro atoms. The molecule has 0 saturated carbocycles. The van der Waals surface area contributed by atoms with E-state index in [0.717, 1.165) is 38.2 Å². The summed E-state index contributed by atoms with van der Waals surface area (Å²) < 4.78 is 24.3. The van der Waals surface area contributed by atoms with Crippen molar-refractivity contribution in [3.05, 3.63) is 24.0 Å². The number of hydrogen-bond donors (Lipinski definition) is 0.